The van der Waals surface area contributed by atoms with Crippen molar-refractivity contribution >= 4 is 11.5 Å². The van der Waals surface area contributed by atoms with Crippen LogP contribution < -0.4 is 22.3 Å². The Morgan fingerprint density at radius 3 is 2.60 bits per heavy atom. The fraction of sp³-hybridized carbons (Fsp3) is 0.692. The van der Waals surface area contributed by atoms with Crippen molar-refractivity contribution in [2.24, 2.45) is 0 Å². The van der Waals surface area contributed by atoms with Gasteiger partial charge in [-0.25, -0.2) is 4.79 Å². The Hall–Kier alpha value is -1.76. The number of aromatic nitrogens is 2. The van der Waals surface area contributed by atoms with Gasteiger partial charge in [0, 0.05) is 20.2 Å². The predicted molar refractivity (Wildman–Crippen MR) is 80.2 cm³/mol. The number of H-pyrrole nitrogens is 1. The Morgan fingerprint density at radius 2 is 2.05 bits per heavy atom. The van der Waals surface area contributed by atoms with Crippen LogP contribution in [0.3, 0.4) is 0 Å². The minimum absolute atomic E-state index is 0.166. The molecule has 0 unspecified atom stereocenters. The van der Waals surface area contributed by atoms with Crippen LogP contribution in [0.2, 0.25) is 0 Å². The lowest BCUT2D eigenvalue weighted by Crippen LogP contribution is -2.38. The van der Waals surface area contributed by atoms with Crippen molar-refractivity contribution in [3.63, 3.8) is 0 Å². The van der Waals surface area contributed by atoms with E-state index in [9.17, 15) is 9.59 Å². The maximum atomic E-state index is 11.8. The van der Waals surface area contributed by atoms with Crippen molar-refractivity contribution in [1.82, 2.24) is 9.55 Å². The number of hydrogen-bond acceptors (Lipinski definition) is 5. The van der Waals surface area contributed by atoms with E-state index in [1.165, 1.54) is 4.57 Å². The van der Waals surface area contributed by atoms with Crippen molar-refractivity contribution in [2.75, 3.05) is 24.7 Å². The van der Waals surface area contributed by atoms with Crippen molar-refractivity contribution in [1.29, 1.82) is 0 Å². The Bertz CT molecular complexity index is 560. The molecule has 1 aromatic heterocycles. The van der Waals surface area contributed by atoms with E-state index in [0.29, 0.717) is 13.1 Å². The number of ether oxygens (including phenoxy) is 1. The highest BCUT2D eigenvalue weighted by Crippen LogP contribution is 2.14. The summed E-state index contributed by atoms with van der Waals surface area (Å²) in [5.41, 5.74) is 4.73. The summed E-state index contributed by atoms with van der Waals surface area (Å²) in [4.78, 5) is 25.9. The first-order valence-electron chi connectivity index (χ1n) is 6.74. The smallest absolute Gasteiger partial charge is 0.330 e. The molecule has 0 spiro atoms. The molecule has 4 N–H and O–H groups in total. The number of nitrogens with zero attached hydrogens (tertiary/aromatic N) is 1. The van der Waals surface area contributed by atoms with Gasteiger partial charge < -0.3 is 15.8 Å². The van der Waals surface area contributed by atoms with Gasteiger partial charge in [-0.1, -0.05) is 13.3 Å². The zero-order valence-electron chi connectivity index (χ0n) is 12.6. The normalized spacial score (nSPS) is 11.6. The lowest BCUT2D eigenvalue weighted by Gasteiger charge is -2.24. The van der Waals surface area contributed by atoms with Crippen molar-refractivity contribution < 1.29 is 4.74 Å². The third kappa shape index (κ3) is 3.86. The number of aromatic amines is 1. The van der Waals surface area contributed by atoms with E-state index in [2.05, 4.69) is 10.3 Å². The molecule has 20 heavy (non-hydrogen) atoms. The Labute approximate surface area is 118 Å². The van der Waals surface area contributed by atoms with Crippen molar-refractivity contribution in [3.8, 4) is 0 Å². The van der Waals surface area contributed by atoms with Crippen LogP contribution in [0.4, 0.5) is 11.5 Å². The monoisotopic (exact) mass is 284 g/mol. The number of nitrogens with one attached hydrogen (secondary N) is 2. The minimum Gasteiger partial charge on any atom is -0.383 e. The van der Waals surface area contributed by atoms with Gasteiger partial charge in [0.15, 0.2) is 0 Å². The molecule has 0 saturated heterocycles. The van der Waals surface area contributed by atoms with E-state index >= 15 is 0 Å². The van der Waals surface area contributed by atoms with Crippen LogP contribution in [0.1, 0.15) is 33.6 Å². The van der Waals surface area contributed by atoms with Crippen LogP contribution >= 0.6 is 0 Å². The van der Waals surface area contributed by atoms with Crippen LogP contribution in [0.5, 0.6) is 0 Å². The molecular formula is C13H24N4O3. The topological polar surface area (TPSA) is 102 Å². The van der Waals surface area contributed by atoms with Gasteiger partial charge in [0.05, 0.1) is 5.60 Å². The molecule has 0 amide bonds. The van der Waals surface area contributed by atoms with E-state index < -0.39 is 16.9 Å². The van der Waals surface area contributed by atoms with Crippen LogP contribution in [-0.4, -0.2) is 28.8 Å². The quantitative estimate of drug-likeness (QED) is 0.686. The van der Waals surface area contributed by atoms with Crippen LogP contribution in [-0.2, 0) is 11.3 Å². The largest absolute Gasteiger partial charge is 0.383 e. The van der Waals surface area contributed by atoms with Gasteiger partial charge in [0.2, 0.25) is 0 Å². The highest BCUT2D eigenvalue weighted by Gasteiger charge is 2.19. The van der Waals surface area contributed by atoms with E-state index in [4.69, 9.17) is 10.5 Å². The van der Waals surface area contributed by atoms with Crippen molar-refractivity contribution in [3.05, 3.63) is 20.8 Å². The van der Waals surface area contributed by atoms with Gasteiger partial charge >= 0.3 is 5.69 Å². The highest BCUT2D eigenvalue weighted by molar-refractivity contribution is 5.60. The standard InChI is InChI=1S/C13H24N4O3/c1-5-6-7-17-10(14)9(11(18)16-12(17)19)15-8-13(2,3)20-4/h15H,5-8,14H2,1-4H3,(H,16,18,19). The summed E-state index contributed by atoms with van der Waals surface area (Å²) in [5, 5.41) is 2.96. The molecule has 0 radical (unpaired) electrons. The second-order valence-electron chi connectivity index (χ2n) is 5.34. The van der Waals surface area contributed by atoms with Crippen LogP contribution in [0, 0.1) is 0 Å². The molecule has 7 heteroatoms. The maximum absolute atomic E-state index is 11.8. The molecule has 0 aliphatic heterocycles. The first-order valence-corrected chi connectivity index (χ1v) is 6.74. The lowest BCUT2D eigenvalue weighted by molar-refractivity contribution is 0.0343. The molecule has 114 valence electrons. The first kappa shape index (κ1) is 16.3. The third-order valence-corrected chi connectivity index (χ3v) is 3.22. The summed E-state index contributed by atoms with van der Waals surface area (Å²) in [6, 6.07) is 0. The number of methoxy groups -OCH3 is 1. The summed E-state index contributed by atoms with van der Waals surface area (Å²) in [6.45, 7) is 6.69. The molecule has 0 fully saturated rings. The van der Waals surface area contributed by atoms with Gasteiger partial charge in [0.1, 0.15) is 11.5 Å². The zero-order chi connectivity index (χ0) is 15.3. The minimum atomic E-state index is -0.507. The molecule has 0 aromatic carbocycles. The molecule has 1 heterocycles. The number of nitrogens with two attached hydrogens (primary N) is 1. The average molecular weight is 284 g/mol. The van der Waals surface area contributed by atoms with Gasteiger partial charge in [-0.3, -0.25) is 14.3 Å². The van der Waals surface area contributed by atoms with E-state index in [1.807, 2.05) is 20.8 Å². The molecule has 0 aliphatic rings. The average Bonchev–Trinajstić information content (AvgIpc) is 2.38. The number of anilines is 2. The first-order chi connectivity index (χ1) is 9.32. The van der Waals surface area contributed by atoms with Crippen LogP contribution in [0.25, 0.3) is 0 Å². The second kappa shape index (κ2) is 6.60. The fourth-order valence-electron chi connectivity index (χ4n) is 1.67. The highest BCUT2D eigenvalue weighted by atomic mass is 16.5. The Kier molecular flexibility index (Phi) is 5.38. The third-order valence-electron chi connectivity index (χ3n) is 3.22. The molecular weight excluding hydrogens is 260 g/mol. The maximum Gasteiger partial charge on any atom is 0.330 e. The number of unbranched alkanes of at least 4 members (excludes halogenated alkanes) is 1. The molecule has 1 aromatic rings. The lowest BCUT2D eigenvalue weighted by atomic mass is 10.1. The molecule has 1 rings (SSSR count). The summed E-state index contributed by atoms with van der Waals surface area (Å²) in [5.74, 6) is 0.166. The SMILES string of the molecule is CCCCn1c(N)c(NCC(C)(C)OC)c(=O)[nH]c1=O. The number of rotatable bonds is 7. The van der Waals surface area contributed by atoms with E-state index in [0.717, 1.165) is 12.8 Å². The zero-order valence-corrected chi connectivity index (χ0v) is 12.6. The summed E-state index contributed by atoms with van der Waals surface area (Å²) in [7, 11) is 1.59. The summed E-state index contributed by atoms with van der Waals surface area (Å²) >= 11 is 0. The number of hydrogen-bond donors (Lipinski definition) is 3. The predicted octanol–water partition coefficient (Wildman–Crippen LogP) is 0.756. The fourth-order valence-corrected chi connectivity index (χ4v) is 1.67. The van der Waals surface area contributed by atoms with Crippen LogP contribution in [0.15, 0.2) is 9.59 Å². The second-order valence-corrected chi connectivity index (χ2v) is 5.34. The Balaban J connectivity index is 3.07. The molecule has 0 aliphatic carbocycles. The molecule has 0 bridgehead atoms. The summed E-state index contributed by atoms with van der Waals surface area (Å²) < 4.78 is 6.66. The Morgan fingerprint density at radius 1 is 1.40 bits per heavy atom. The molecule has 7 nitrogen and oxygen atoms in total. The van der Waals surface area contributed by atoms with E-state index in [-0.39, 0.29) is 11.5 Å². The van der Waals surface area contributed by atoms with Crippen molar-refractivity contribution in [2.45, 2.75) is 45.8 Å². The molecule has 0 saturated carbocycles. The molecule has 0 atom stereocenters. The van der Waals surface area contributed by atoms with Gasteiger partial charge in [-0.05, 0) is 20.3 Å². The summed E-state index contributed by atoms with van der Waals surface area (Å²) in [6.07, 6.45) is 1.75. The van der Waals surface area contributed by atoms with Gasteiger partial charge in [-0.2, -0.15) is 0 Å². The van der Waals surface area contributed by atoms with Gasteiger partial charge in [0.25, 0.3) is 5.56 Å². The van der Waals surface area contributed by atoms with Gasteiger partial charge in [-0.15, -0.1) is 0 Å². The van der Waals surface area contributed by atoms with E-state index in [1.54, 1.807) is 7.11 Å². The number of nitrogen functional groups attached to an aromatic ring is 1.